The van der Waals surface area contributed by atoms with Crippen LogP contribution in [-0.4, -0.2) is 47.6 Å². The molecule has 1 aromatic rings. The van der Waals surface area contributed by atoms with Gasteiger partial charge >= 0.3 is 6.09 Å². The van der Waals surface area contributed by atoms with Crippen LogP contribution in [0.3, 0.4) is 0 Å². The number of carbonyl (C=O) groups excluding carboxylic acids is 3. The molecular weight excluding hydrogens is 474 g/mol. The molecule has 2 fully saturated rings. The zero-order valence-corrected chi connectivity index (χ0v) is 19.9. The monoisotopic (exact) mass is 504 g/mol. The summed E-state index contributed by atoms with van der Waals surface area (Å²) in [5.74, 6) is -1.08. The van der Waals surface area contributed by atoms with Crippen LogP contribution in [0, 0.1) is 24.2 Å². The summed E-state index contributed by atoms with van der Waals surface area (Å²) in [5.41, 5.74) is 0.0521. The van der Waals surface area contributed by atoms with Gasteiger partial charge < -0.3 is 15.4 Å². The highest BCUT2D eigenvalue weighted by molar-refractivity contribution is 5.85. The number of carbonyl (C=O) groups is 3. The molecule has 0 radical (unpaired) electrons. The van der Waals surface area contributed by atoms with Gasteiger partial charge in [-0.2, -0.15) is 0 Å². The maximum Gasteiger partial charge on any atom is 0.411 e. The number of hydrogen-bond acceptors (Lipinski definition) is 5. The van der Waals surface area contributed by atoms with Crippen LogP contribution in [-0.2, 0) is 20.7 Å². The maximum absolute atomic E-state index is 13.3. The summed E-state index contributed by atoms with van der Waals surface area (Å²) < 4.78 is 33.1. The molecule has 11 heteroatoms. The summed E-state index contributed by atoms with van der Waals surface area (Å²) in [6.45, 7) is 0.570. The molecule has 3 N–H and O–H groups in total. The molecule has 3 unspecified atom stereocenters. The molecule has 1 saturated carbocycles. The number of rotatable bonds is 7. The van der Waals surface area contributed by atoms with Gasteiger partial charge in [0.1, 0.15) is 11.7 Å². The lowest BCUT2D eigenvalue weighted by Gasteiger charge is -2.27. The minimum Gasteiger partial charge on any atom is -0.449 e. The number of nitrogens with zero attached hydrogens (tertiary/aromatic N) is 1. The summed E-state index contributed by atoms with van der Waals surface area (Å²) in [7, 11) is 0. The molecule has 9 nitrogen and oxygen atoms in total. The highest BCUT2D eigenvalue weighted by atomic mass is 19.3. The van der Waals surface area contributed by atoms with E-state index in [2.05, 4.69) is 21.9 Å². The average molecular weight is 505 g/mol. The second kappa shape index (κ2) is 10.7. The first-order valence-corrected chi connectivity index (χ1v) is 12.3. The van der Waals surface area contributed by atoms with Crippen LogP contribution in [0.4, 0.5) is 19.3 Å². The van der Waals surface area contributed by atoms with Crippen molar-refractivity contribution in [3.8, 4) is 12.3 Å². The smallest absolute Gasteiger partial charge is 0.411 e. The SMILES string of the molecule is C#CC(CC1CCNC1=O)NC(=O)C1CCc2ccc(NC(=O)OCC3CCC(F)(F)CC3)c(=O)n21. The lowest BCUT2D eigenvalue weighted by molar-refractivity contribution is -0.126. The van der Waals surface area contributed by atoms with Gasteiger partial charge in [0.2, 0.25) is 17.7 Å². The Morgan fingerprint density at radius 2 is 1.97 bits per heavy atom. The molecule has 4 rings (SSSR count). The van der Waals surface area contributed by atoms with Crippen molar-refractivity contribution in [3.05, 3.63) is 28.2 Å². The van der Waals surface area contributed by atoms with Crippen LogP contribution >= 0.6 is 0 Å². The van der Waals surface area contributed by atoms with E-state index in [4.69, 9.17) is 11.2 Å². The first-order chi connectivity index (χ1) is 17.2. The zero-order chi connectivity index (χ0) is 25.9. The van der Waals surface area contributed by atoms with Crippen molar-refractivity contribution in [2.75, 3.05) is 18.5 Å². The number of fused-ring (bicyclic) bond motifs is 1. The Hall–Kier alpha value is -3.42. The number of amides is 3. The largest absolute Gasteiger partial charge is 0.449 e. The van der Waals surface area contributed by atoms with Crippen molar-refractivity contribution in [2.24, 2.45) is 11.8 Å². The van der Waals surface area contributed by atoms with Crippen molar-refractivity contribution in [2.45, 2.75) is 69.4 Å². The number of anilines is 1. The number of nitrogens with one attached hydrogen (secondary N) is 3. The van der Waals surface area contributed by atoms with Crippen molar-refractivity contribution < 1.29 is 27.9 Å². The number of alkyl halides is 2. The van der Waals surface area contributed by atoms with Crippen LogP contribution in [0.1, 0.15) is 56.7 Å². The molecule has 194 valence electrons. The van der Waals surface area contributed by atoms with Crippen molar-refractivity contribution in [3.63, 3.8) is 0 Å². The first kappa shape index (κ1) is 25.7. The molecule has 0 spiro atoms. The van der Waals surface area contributed by atoms with Crippen LogP contribution in [0.25, 0.3) is 0 Å². The van der Waals surface area contributed by atoms with E-state index in [1.807, 2.05) is 0 Å². The van der Waals surface area contributed by atoms with Gasteiger partial charge in [0.25, 0.3) is 5.56 Å². The Bertz CT molecular complexity index is 1120. The van der Waals surface area contributed by atoms with E-state index >= 15 is 0 Å². The second-order valence-corrected chi connectivity index (χ2v) is 9.73. The molecule has 3 amide bonds. The number of pyridine rings is 1. The Morgan fingerprint density at radius 3 is 2.64 bits per heavy atom. The van der Waals surface area contributed by atoms with Crippen molar-refractivity contribution in [1.82, 2.24) is 15.2 Å². The highest BCUT2D eigenvalue weighted by Crippen LogP contribution is 2.36. The number of terminal acetylenes is 1. The van der Waals surface area contributed by atoms with Crippen molar-refractivity contribution >= 4 is 23.6 Å². The summed E-state index contributed by atoms with van der Waals surface area (Å²) in [5, 5.41) is 7.92. The van der Waals surface area contributed by atoms with Gasteiger partial charge in [-0.1, -0.05) is 5.92 Å². The van der Waals surface area contributed by atoms with Crippen LogP contribution < -0.4 is 21.5 Å². The van der Waals surface area contributed by atoms with Crippen molar-refractivity contribution in [1.29, 1.82) is 0 Å². The Balaban J connectivity index is 1.36. The third kappa shape index (κ3) is 5.86. The molecule has 0 aromatic carbocycles. The van der Waals surface area contributed by atoms with Crippen LogP contribution in [0.5, 0.6) is 0 Å². The molecular formula is C25H30F2N4O5. The molecule has 1 aromatic heterocycles. The third-order valence-electron chi connectivity index (χ3n) is 7.21. The lowest BCUT2D eigenvalue weighted by atomic mass is 9.87. The fourth-order valence-electron chi connectivity index (χ4n) is 5.09. The molecule has 1 saturated heterocycles. The molecule has 3 atom stereocenters. The van der Waals surface area contributed by atoms with Gasteiger partial charge in [-0.05, 0) is 56.6 Å². The Labute approximate surface area is 207 Å². The Kier molecular flexibility index (Phi) is 7.62. The number of aryl methyl sites for hydroxylation is 1. The normalized spacial score (nSPS) is 23.8. The van der Waals surface area contributed by atoms with Gasteiger partial charge in [-0.3, -0.25) is 24.3 Å². The van der Waals surface area contributed by atoms with Gasteiger partial charge in [0, 0.05) is 31.0 Å². The van der Waals surface area contributed by atoms with E-state index < -0.39 is 35.6 Å². The van der Waals surface area contributed by atoms with E-state index in [1.54, 1.807) is 6.07 Å². The van der Waals surface area contributed by atoms with E-state index in [0.717, 1.165) is 0 Å². The fraction of sp³-hybridized carbons (Fsp3) is 0.600. The molecule has 3 heterocycles. The summed E-state index contributed by atoms with van der Waals surface area (Å²) in [6.07, 6.45) is 6.65. The van der Waals surface area contributed by atoms with Gasteiger partial charge in [-0.25, -0.2) is 13.6 Å². The van der Waals surface area contributed by atoms with E-state index in [9.17, 15) is 28.0 Å². The van der Waals surface area contributed by atoms with E-state index in [0.29, 0.717) is 37.9 Å². The van der Waals surface area contributed by atoms with Crippen LogP contribution in [0.15, 0.2) is 16.9 Å². The zero-order valence-electron chi connectivity index (χ0n) is 19.9. The van der Waals surface area contributed by atoms with Gasteiger partial charge in [0.15, 0.2) is 0 Å². The minimum atomic E-state index is -2.66. The van der Waals surface area contributed by atoms with Gasteiger partial charge in [0.05, 0.1) is 12.6 Å². The third-order valence-corrected chi connectivity index (χ3v) is 7.21. The highest BCUT2D eigenvalue weighted by Gasteiger charge is 2.36. The average Bonchev–Trinajstić information content (AvgIpc) is 3.46. The number of aromatic nitrogens is 1. The first-order valence-electron chi connectivity index (χ1n) is 12.3. The number of halogens is 2. The Morgan fingerprint density at radius 1 is 1.22 bits per heavy atom. The maximum atomic E-state index is 13.3. The molecule has 0 bridgehead atoms. The predicted octanol–water partition coefficient (Wildman–Crippen LogP) is 2.35. The standard InChI is InChI=1S/C25H30F2N4O5/c1-2-17(13-16-9-12-28-21(16)32)29-22(33)20-6-4-18-3-5-19(23(34)31(18)20)30-24(35)36-14-15-7-10-25(26,27)11-8-15/h1,3,5,15-17,20H,4,6-14H2,(H,28,32)(H,29,33)(H,30,35). The van der Waals surface area contributed by atoms with E-state index in [1.165, 1.54) is 10.6 Å². The topological polar surface area (TPSA) is 119 Å². The molecule has 1 aliphatic carbocycles. The van der Waals surface area contributed by atoms with Crippen LogP contribution in [0.2, 0.25) is 0 Å². The number of ether oxygens (including phenoxy) is 1. The molecule has 2 aliphatic heterocycles. The summed E-state index contributed by atoms with van der Waals surface area (Å²) >= 11 is 0. The minimum absolute atomic E-state index is 0.00822. The quantitative estimate of drug-likeness (QED) is 0.493. The van der Waals surface area contributed by atoms with E-state index in [-0.39, 0.29) is 55.7 Å². The summed E-state index contributed by atoms with van der Waals surface area (Å²) in [4.78, 5) is 50.2. The summed E-state index contributed by atoms with van der Waals surface area (Å²) in [6, 6.07) is 1.67. The number of hydrogen-bond donors (Lipinski definition) is 3. The second-order valence-electron chi connectivity index (χ2n) is 9.73. The van der Waals surface area contributed by atoms with Gasteiger partial charge in [-0.15, -0.1) is 6.42 Å². The molecule has 36 heavy (non-hydrogen) atoms. The predicted molar refractivity (Wildman–Crippen MR) is 126 cm³/mol. The molecule has 3 aliphatic rings. The lowest BCUT2D eigenvalue weighted by Crippen LogP contribution is -2.42. The fourth-order valence-corrected chi connectivity index (χ4v) is 5.09.